The summed E-state index contributed by atoms with van der Waals surface area (Å²) in [6.07, 6.45) is 0. The third-order valence-electron chi connectivity index (χ3n) is 5.67. The van der Waals surface area contributed by atoms with Crippen molar-refractivity contribution in [1.29, 1.82) is 0 Å². The summed E-state index contributed by atoms with van der Waals surface area (Å²) in [6, 6.07) is 20.9. The quantitative estimate of drug-likeness (QED) is 0.448. The van der Waals surface area contributed by atoms with Crippen molar-refractivity contribution in [3.8, 4) is 11.5 Å². The Morgan fingerprint density at radius 2 is 1.91 bits per heavy atom. The van der Waals surface area contributed by atoms with E-state index in [0.717, 1.165) is 35.6 Å². The number of aromatic nitrogens is 2. The van der Waals surface area contributed by atoms with E-state index >= 15 is 0 Å². The van der Waals surface area contributed by atoms with Gasteiger partial charge in [0.1, 0.15) is 17.3 Å². The number of benzene rings is 3. The highest BCUT2D eigenvalue weighted by Crippen LogP contribution is 2.32. The molecule has 168 valence electrons. The molecule has 3 aromatic carbocycles. The van der Waals surface area contributed by atoms with Crippen LogP contribution in [0.4, 0.5) is 11.4 Å². The maximum absolute atomic E-state index is 12.5. The van der Waals surface area contributed by atoms with Gasteiger partial charge in [0.2, 0.25) is 0 Å². The minimum absolute atomic E-state index is 0.122. The number of amides is 1. The summed E-state index contributed by atoms with van der Waals surface area (Å²) in [4.78, 5) is 19.6. The van der Waals surface area contributed by atoms with E-state index in [1.165, 1.54) is 0 Å². The molecule has 7 nitrogen and oxygen atoms in total. The fraction of sp³-hybridized carbons (Fsp3) is 0.200. The van der Waals surface area contributed by atoms with E-state index in [9.17, 15) is 4.79 Å². The number of methoxy groups -OCH3 is 1. The van der Waals surface area contributed by atoms with Crippen LogP contribution in [0, 0.1) is 0 Å². The van der Waals surface area contributed by atoms with E-state index in [0.29, 0.717) is 28.8 Å². The number of ether oxygens (including phenoxy) is 2. The molecule has 1 aromatic heterocycles. The Morgan fingerprint density at radius 1 is 1.09 bits per heavy atom. The fourth-order valence-corrected chi connectivity index (χ4v) is 4.17. The number of anilines is 2. The number of nitrogens with zero attached hydrogens (tertiary/aromatic N) is 3. The maximum atomic E-state index is 12.5. The zero-order valence-corrected chi connectivity index (χ0v) is 18.9. The number of nitrogens with one attached hydrogen (secondary N) is 1. The first-order chi connectivity index (χ1) is 16.1. The number of carbonyl (C=O) groups excluding carboxylic acids is 1. The van der Waals surface area contributed by atoms with Crippen molar-refractivity contribution >= 4 is 39.9 Å². The Hall–Kier alpha value is -3.71. The molecule has 5 rings (SSSR count). The second kappa shape index (κ2) is 9.03. The lowest BCUT2D eigenvalue weighted by molar-refractivity contribution is -0.118. The molecule has 0 saturated carbocycles. The van der Waals surface area contributed by atoms with Crippen molar-refractivity contribution in [2.24, 2.45) is 0 Å². The van der Waals surface area contributed by atoms with E-state index in [2.05, 4.69) is 20.9 Å². The summed E-state index contributed by atoms with van der Waals surface area (Å²) in [5, 5.41) is 3.51. The van der Waals surface area contributed by atoms with Gasteiger partial charge in [-0.2, -0.15) is 0 Å². The van der Waals surface area contributed by atoms with Crippen LogP contribution in [0.5, 0.6) is 11.5 Å². The van der Waals surface area contributed by atoms with Crippen molar-refractivity contribution in [2.45, 2.75) is 13.1 Å². The van der Waals surface area contributed by atoms with Crippen molar-refractivity contribution in [1.82, 2.24) is 9.55 Å². The van der Waals surface area contributed by atoms with E-state index in [4.69, 9.17) is 26.1 Å². The molecule has 0 fully saturated rings. The Morgan fingerprint density at radius 3 is 2.73 bits per heavy atom. The summed E-state index contributed by atoms with van der Waals surface area (Å²) >= 11 is 5.88. The molecule has 1 amide bonds. The van der Waals surface area contributed by atoms with E-state index < -0.39 is 0 Å². The second-order valence-electron chi connectivity index (χ2n) is 7.77. The van der Waals surface area contributed by atoms with Gasteiger partial charge in [-0.05, 0) is 54.6 Å². The van der Waals surface area contributed by atoms with Gasteiger partial charge in [-0.25, -0.2) is 4.98 Å². The molecule has 0 bridgehead atoms. The number of imidazole rings is 1. The van der Waals surface area contributed by atoms with Crippen molar-refractivity contribution < 1.29 is 14.3 Å². The average molecular weight is 463 g/mol. The fourth-order valence-electron chi connectivity index (χ4n) is 4.04. The Bertz CT molecular complexity index is 1300. The SMILES string of the molecule is COc1ccc(N2CCn3c(nc4ccccc43)C2)cc1NC(=O)COc1ccc(Cl)cc1. The minimum Gasteiger partial charge on any atom is -0.495 e. The average Bonchev–Trinajstić information content (AvgIpc) is 3.21. The molecule has 0 saturated heterocycles. The molecule has 2 heterocycles. The number of para-hydroxylation sites is 2. The van der Waals surface area contributed by atoms with Gasteiger partial charge in [0.25, 0.3) is 5.91 Å². The number of carbonyl (C=O) groups is 1. The van der Waals surface area contributed by atoms with Gasteiger partial charge >= 0.3 is 0 Å². The highest BCUT2D eigenvalue weighted by Gasteiger charge is 2.21. The van der Waals surface area contributed by atoms with Gasteiger partial charge in [0.15, 0.2) is 6.61 Å². The van der Waals surface area contributed by atoms with Gasteiger partial charge < -0.3 is 24.3 Å². The van der Waals surface area contributed by atoms with Crippen LogP contribution in [0.2, 0.25) is 5.02 Å². The molecule has 8 heteroatoms. The normalized spacial score (nSPS) is 13.0. The lowest BCUT2D eigenvalue weighted by Gasteiger charge is -2.30. The molecule has 1 N–H and O–H groups in total. The van der Waals surface area contributed by atoms with Crippen LogP contribution < -0.4 is 19.7 Å². The van der Waals surface area contributed by atoms with Gasteiger partial charge in [-0.3, -0.25) is 4.79 Å². The smallest absolute Gasteiger partial charge is 0.262 e. The first-order valence-corrected chi connectivity index (χ1v) is 11.0. The lowest BCUT2D eigenvalue weighted by Crippen LogP contribution is -2.33. The van der Waals surface area contributed by atoms with E-state index in [-0.39, 0.29) is 12.5 Å². The first-order valence-electron chi connectivity index (χ1n) is 10.7. The highest BCUT2D eigenvalue weighted by atomic mass is 35.5. The van der Waals surface area contributed by atoms with Crippen LogP contribution in [0.25, 0.3) is 11.0 Å². The molecule has 0 spiro atoms. The molecule has 33 heavy (non-hydrogen) atoms. The van der Waals surface area contributed by atoms with Gasteiger partial charge in [0.05, 0.1) is 30.4 Å². The van der Waals surface area contributed by atoms with Crippen LogP contribution >= 0.6 is 11.6 Å². The first kappa shape index (κ1) is 21.2. The van der Waals surface area contributed by atoms with Crippen LogP contribution in [-0.4, -0.2) is 35.7 Å². The zero-order valence-electron chi connectivity index (χ0n) is 18.1. The third kappa shape index (κ3) is 4.45. The Labute approximate surface area is 196 Å². The molecular formula is C25H23ClN4O3. The van der Waals surface area contributed by atoms with E-state index in [1.54, 1.807) is 31.4 Å². The molecule has 0 radical (unpaired) electrons. The third-order valence-corrected chi connectivity index (χ3v) is 5.92. The van der Waals surface area contributed by atoms with Crippen molar-refractivity contribution in [3.05, 3.63) is 77.6 Å². The summed E-state index contributed by atoms with van der Waals surface area (Å²) in [7, 11) is 1.58. The van der Waals surface area contributed by atoms with Crippen LogP contribution in [0.3, 0.4) is 0 Å². The Balaban J connectivity index is 1.30. The minimum atomic E-state index is -0.277. The molecule has 1 aliphatic rings. The largest absolute Gasteiger partial charge is 0.495 e. The Kier molecular flexibility index (Phi) is 5.79. The monoisotopic (exact) mass is 462 g/mol. The van der Waals surface area contributed by atoms with Crippen LogP contribution in [-0.2, 0) is 17.9 Å². The van der Waals surface area contributed by atoms with Crippen molar-refractivity contribution in [2.75, 3.05) is 30.5 Å². The predicted molar refractivity (Wildman–Crippen MR) is 129 cm³/mol. The lowest BCUT2D eigenvalue weighted by atomic mass is 10.2. The molecule has 0 atom stereocenters. The van der Waals surface area contributed by atoms with Gasteiger partial charge in [-0.1, -0.05) is 23.7 Å². The molecule has 0 unspecified atom stereocenters. The zero-order chi connectivity index (χ0) is 22.8. The summed E-state index contributed by atoms with van der Waals surface area (Å²) in [5.41, 5.74) is 3.76. The molecule has 0 aliphatic carbocycles. The van der Waals surface area contributed by atoms with E-state index in [1.807, 2.05) is 36.4 Å². The van der Waals surface area contributed by atoms with Crippen LogP contribution in [0.1, 0.15) is 5.82 Å². The predicted octanol–water partition coefficient (Wildman–Crippen LogP) is 4.74. The topological polar surface area (TPSA) is 68.6 Å². The number of hydrogen-bond donors (Lipinski definition) is 1. The van der Waals surface area contributed by atoms with Crippen molar-refractivity contribution in [3.63, 3.8) is 0 Å². The summed E-state index contributed by atoms with van der Waals surface area (Å²) in [6.45, 7) is 2.25. The second-order valence-corrected chi connectivity index (χ2v) is 8.20. The number of fused-ring (bicyclic) bond motifs is 3. The standard InChI is InChI=1S/C25H23ClN4O3/c1-32-23-11-8-18(14-21(23)28-25(31)16-33-19-9-6-17(26)7-10-19)29-12-13-30-22-5-3-2-4-20(22)27-24(30)15-29/h2-11,14H,12-13,15-16H2,1H3,(H,28,31). The summed E-state index contributed by atoms with van der Waals surface area (Å²) in [5.74, 6) is 1.91. The molecule has 1 aliphatic heterocycles. The molecule has 4 aromatic rings. The number of hydrogen-bond acceptors (Lipinski definition) is 5. The van der Waals surface area contributed by atoms with Gasteiger partial charge in [-0.15, -0.1) is 0 Å². The van der Waals surface area contributed by atoms with Crippen LogP contribution in [0.15, 0.2) is 66.7 Å². The summed E-state index contributed by atoms with van der Waals surface area (Å²) < 4.78 is 13.3. The number of halogens is 1. The maximum Gasteiger partial charge on any atom is 0.262 e. The number of rotatable bonds is 6. The highest BCUT2D eigenvalue weighted by molar-refractivity contribution is 6.30. The molecular weight excluding hydrogens is 440 g/mol. The van der Waals surface area contributed by atoms with Gasteiger partial charge in [0, 0.05) is 23.8 Å².